The van der Waals surface area contributed by atoms with Crippen LogP contribution in [-0.2, 0) is 0 Å². The highest BCUT2D eigenvalue weighted by Crippen LogP contribution is 2.20. The smallest absolute Gasteiger partial charge is 0.0112 e. The topological polar surface area (TPSA) is 18.5 Å². The van der Waals surface area contributed by atoms with Crippen molar-refractivity contribution in [2.45, 2.75) is 51.5 Å². The number of hydrogen-bond acceptors (Lipinski definition) is 3. The Kier molecular flexibility index (Phi) is 6.46. The van der Waals surface area contributed by atoms with Gasteiger partial charge < -0.3 is 10.2 Å². The van der Waals surface area contributed by atoms with Crippen LogP contribution in [0.4, 0.5) is 0 Å². The van der Waals surface area contributed by atoms with Crippen LogP contribution in [-0.4, -0.2) is 61.7 Å². The maximum absolute atomic E-state index is 3.49. The van der Waals surface area contributed by atoms with Gasteiger partial charge in [0.2, 0.25) is 0 Å². The van der Waals surface area contributed by atoms with Crippen LogP contribution in [0.2, 0.25) is 0 Å². The zero-order chi connectivity index (χ0) is 12.6. The molecule has 1 unspecified atom stereocenters. The summed E-state index contributed by atoms with van der Waals surface area (Å²) in [6.07, 6.45) is 8.38. The van der Waals surface area contributed by atoms with Crippen molar-refractivity contribution >= 4 is 0 Å². The van der Waals surface area contributed by atoms with Gasteiger partial charge in [-0.1, -0.05) is 19.8 Å². The van der Waals surface area contributed by atoms with E-state index < -0.39 is 0 Å². The van der Waals surface area contributed by atoms with Gasteiger partial charge in [0.05, 0.1) is 0 Å². The van der Waals surface area contributed by atoms with E-state index in [1.165, 1.54) is 84.3 Å². The van der Waals surface area contributed by atoms with Gasteiger partial charge in [-0.3, -0.25) is 4.90 Å². The molecule has 0 aliphatic carbocycles. The van der Waals surface area contributed by atoms with E-state index in [1.54, 1.807) is 0 Å². The largest absolute Gasteiger partial charge is 0.315 e. The first kappa shape index (κ1) is 14.3. The quantitative estimate of drug-likeness (QED) is 0.808. The number of hydrogen-bond donors (Lipinski definition) is 1. The van der Waals surface area contributed by atoms with Gasteiger partial charge in [-0.25, -0.2) is 0 Å². The standard InChI is InChI=1S/C15H31N3/c1-2-6-15-7-3-4-11-18(15)14-13-17-10-5-8-16-9-12-17/h15-16H,2-14H2,1H3. The second-order valence-electron chi connectivity index (χ2n) is 5.92. The highest BCUT2D eigenvalue weighted by atomic mass is 15.2. The van der Waals surface area contributed by atoms with Crippen LogP contribution in [0.25, 0.3) is 0 Å². The molecule has 2 rings (SSSR count). The molecule has 1 atom stereocenters. The van der Waals surface area contributed by atoms with E-state index in [2.05, 4.69) is 22.0 Å². The van der Waals surface area contributed by atoms with Crippen molar-refractivity contribution in [3.8, 4) is 0 Å². The lowest BCUT2D eigenvalue weighted by atomic mass is 9.98. The fourth-order valence-electron chi connectivity index (χ4n) is 3.41. The number of rotatable bonds is 5. The SMILES string of the molecule is CCCC1CCCCN1CCN1CCCNCC1. The zero-order valence-corrected chi connectivity index (χ0v) is 12.2. The van der Waals surface area contributed by atoms with Crippen LogP contribution in [0.5, 0.6) is 0 Å². The van der Waals surface area contributed by atoms with E-state index >= 15 is 0 Å². The fraction of sp³-hybridized carbons (Fsp3) is 1.00. The van der Waals surface area contributed by atoms with Gasteiger partial charge in [0.25, 0.3) is 0 Å². The molecule has 3 nitrogen and oxygen atoms in total. The third-order valence-corrected chi connectivity index (χ3v) is 4.51. The van der Waals surface area contributed by atoms with Crippen molar-refractivity contribution in [2.24, 2.45) is 0 Å². The third kappa shape index (κ3) is 4.52. The Morgan fingerprint density at radius 1 is 1.00 bits per heavy atom. The molecular formula is C15H31N3. The molecule has 2 heterocycles. The minimum absolute atomic E-state index is 0.883. The minimum Gasteiger partial charge on any atom is -0.315 e. The monoisotopic (exact) mass is 253 g/mol. The maximum Gasteiger partial charge on any atom is 0.0112 e. The summed E-state index contributed by atoms with van der Waals surface area (Å²) in [5, 5.41) is 3.49. The molecule has 0 amide bonds. The Labute approximate surface area is 113 Å². The average molecular weight is 253 g/mol. The Morgan fingerprint density at radius 2 is 1.94 bits per heavy atom. The first-order chi connectivity index (χ1) is 8.90. The van der Waals surface area contributed by atoms with Gasteiger partial charge in [-0.2, -0.15) is 0 Å². The summed E-state index contributed by atoms with van der Waals surface area (Å²) >= 11 is 0. The molecule has 18 heavy (non-hydrogen) atoms. The molecule has 2 aliphatic heterocycles. The number of likely N-dealkylation sites (tertiary alicyclic amines) is 1. The van der Waals surface area contributed by atoms with E-state index in [9.17, 15) is 0 Å². The minimum atomic E-state index is 0.883. The van der Waals surface area contributed by atoms with Gasteiger partial charge >= 0.3 is 0 Å². The molecule has 2 fully saturated rings. The zero-order valence-electron chi connectivity index (χ0n) is 12.2. The van der Waals surface area contributed by atoms with Crippen LogP contribution in [0, 0.1) is 0 Å². The Bertz CT molecular complexity index is 210. The fourth-order valence-corrected chi connectivity index (χ4v) is 3.41. The van der Waals surface area contributed by atoms with Crippen LogP contribution >= 0.6 is 0 Å². The van der Waals surface area contributed by atoms with E-state index in [-0.39, 0.29) is 0 Å². The Morgan fingerprint density at radius 3 is 2.83 bits per heavy atom. The summed E-state index contributed by atoms with van der Waals surface area (Å²) in [4.78, 5) is 5.42. The Balaban J connectivity index is 1.72. The molecule has 2 saturated heterocycles. The van der Waals surface area contributed by atoms with Crippen LogP contribution in [0.15, 0.2) is 0 Å². The summed E-state index contributed by atoms with van der Waals surface area (Å²) in [5.74, 6) is 0. The summed E-state index contributed by atoms with van der Waals surface area (Å²) < 4.78 is 0. The highest BCUT2D eigenvalue weighted by Gasteiger charge is 2.21. The molecule has 1 N–H and O–H groups in total. The number of piperidine rings is 1. The van der Waals surface area contributed by atoms with Gasteiger partial charge in [0.1, 0.15) is 0 Å². The van der Waals surface area contributed by atoms with Crippen molar-refractivity contribution < 1.29 is 0 Å². The summed E-state index contributed by atoms with van der Waals surface area (Å²) in [6, 6.07) is 0.883. The molecule has 0 aromatic rings. The van der Waals surface area contributed by atoms with Crippen molar-refractivity contribution in [3.63, 3.8) is 0 Å². The molecule has 3 heteroatoms. The average Bonchev–Trinajstić information content (AvgIpc) is 2.67. The van der Waals surface area contributed by atoms with E-state index in [4.69, 9.17) is 0 Å². The van der Waals surface area contributed by atoms with E-state index in [1.807, 2.05) is 0 Å². The lowest BCUT2D eigenvalue weighted by molar-refractivity contribution is 0.120. The van der Waals surface area contributed by atoms with E-state index in [0.29, 0.717) is 0 Å². The first-order valence-electron chi connectivity index (χ1n) is 8.07. The first-order valence-corrected chi connectivity index (χ1v) is 8.07. The Hall–Kier alpha value is -0.120. The lowest BCUT2D eigenvalue weighted by Gasteiger charge is -2.37. The highest BCUT2D eigenvalue weighted by molar-refractivity contribution is 4.78. The van der Waals surface area contributed by atoms with Crippen LogP contribution in [0.1, 0.15) is 45.4 Å². The molecule has 0 bridgehead atoms. The molecule has 0 saturated carbocycles. The molecule has 0 spiro atoms. The lowest BCUT2D eigenvalue weighted by Crippen LogP contribution is -2.44. The van der Waals surface area contributed by atoms with Crippen molar-refractivity contribution in [3.05, 3.63) is 0 Å². The van der Waals surface area contributed by atoms with Crippen molar-refractivity contribution in [1.29, 1.82) is 0 Å². The normalized spacial score (nSPS) is 28.2. The summed E-state index contributed by atoms with van der Waals surface area (Å²) in [7, 11) is 0. The van der Waals surface area contributed by atoms with Crippen LogP contribution < -0.4 is 5.32 Å². The predicted octanol–water partition coefficient (Wildman–Crippen LogP) is 1.94. The molecule has 0 aromatic carbocycles. The van der Waals surface area contributed by atoms with E-state index in [0.717, 1.165) is 6.04 Å². The van der Waals surface area contributed by atoms with Crippen LogP contribution in [0.3, 0.4) is 0 Å². The summed E-state index contributed by atoms with van der Waals surface area (Å²) in [6.45, 7) is 11.2. The molecule has 2 aliphatic rings. The van der Waals surface area contributed by atoms with Gasteiger partial charge in [-0.15, -0.1) is 0 Å². The summed E-state index contributed by atoms with van der Waals surface area (Å²) in [5.41, 5.74) is 0. The van der Waals surface area contributed by atoms with Gasteiger partial charge in [0.15, 0.2) is 0 Å². The molecule has 0 aromatic heterocycles. The maximum atomic E-state index is 3.49. The number of nitrogens with zero attached hydrogens (tertiary/aromatic N) is 2. The second kappa shape index (κ2) is 8.13. The molecule has 106 valence electrons. The number of nitrogens with one attached hydrogen (secondary N) is 1. The van der Waals surface area contributed by atoms with Gasteiger partial charge in [0, 0.05) is 32.2 Å². The predicted molar refractivity (Wildman–Crippen MR) is 78.0 cm³/mol. The molecule has 0 radical (unpaired) electrons. The van der Waals surface area contributed by atoms with Crippen molar-refractivity contribution in [2.75, 3.05) is 45.8 Å². The second-order valence-corrected chi connectivity index (χ2v) is 5.92. The molecular weight excluding hydrogens is 222 g/mol. The van der Waals surface area contributed by atoms with Gasteiger partial charge in [-0.05, 0) is 45.3 Å². The third-order valence-electron chi connectivity index (χ3n) is 4.51. The van der Waals surface area contributed by atoms with Crippen molar-refractivity contribution in [1.82, 2.24) is 15.1 Å².